The van der Waals surface area contributed by atoms with Gasteiger partial charge >= 0.3 is 5.97 Å². The van der Waals surface area contributed by atoms with Crippen molar-refractivity contribution in [1.29, 1.82) is 0 Å². The zero-order valence-corrected chi connectivity index (χ0v) is 16.7. The first kappa shape index (κ1) is 19.8. The average Bonchev–Trinajstić information content (AvgIpc) is 3.33. The van der Waals surface area contributed by atoms with Gasteiger partial charge in [-0.05, 0) is 42.3 Å². The molecule has 0 bridgehead atoms. The van der Waals surface area contributed by atoms with Crippen LogP contribution in [0.2, 0.25) is 0 Å². The molecule has 1 atom stereocenters. The molecule has 1 unspecified atom stereocenters. The van der Waals surface area contributed by atoms with Gasteiger partial charge in [0.15, 0.2) is 0 Å². The van der Waals surface area contributed by atoms with E-state index in [0.29, 0.717) is 25.1 Å². The average molecular weight is 408 g/mol. The molecule has 6 nitrogen and oxygen atoms in total. The smallest absolute Gasteiger partial charge is 0.331 e. The summed E-state index contributed by atoms with van der Waals surface area (Å²) in [6, 6.07) is 10.5. The van der Waals surface area contributed by atoms with Gasteiger partial charge in [0.1, 0.15) is 0 Å². The van der Waals surface area contributed by atoms with Gasteiger partial charge in [-0.3, -0.25) is 0 Å². The first-order chi connectivity index (χ1) is 12.8. The Hall–Kier alpha value is -2.00. The van der Waals surface area contributed by atoms with Crippen LogP contribution in [0, 0.1) is 0 Å². The van der Waals surface area contributed by atoms with Gasteiger partial charge in [0.25, 0.3) is 0 Å². The van der Waals surface area contributed by atoms with Crippen LogP contribution in [0.15, 0.2) is 46.9 Å². The van der Waals surface area contributed by atoms with Crippen molar-refractivity contribution in [3.8, 4) is 10.4 Å². The van der Waals surface area contributed by atoms with Gasteiger partial charge < -0.3 is 9.84 Å². The van der Waals surface area contributed by atoms with Crippen molar-refractivity contribution in [3.63, 3.8) is 0 Å². The van der Waals surface area contributed by atoms with E-state index in [1.165, 1.54) is 15.6 Å². The summed E-state index contributed by atoms with van der Waals surface area (Å²) in [5.41, 5.74) is 1.12. The Morgan fingerprint density at radius 1 is 1.37 bits per heavy atom. The van der Waals surface area contributed by atoms with Crippen LogP contribution in [-0.4, -0.2) is 50.1 Å². The quantitative estimate of drug-likeness (QED) is 0.536. The van der Waals surface area contributed by atoms with Gasteiger partial charge in [0.2, 0.25) is 10.0 Å². The van der Waals surface area contributed by atoms with E-state index in [1.54, 1.807) is 38.2 Å². The van der Waals surface area contributed by atoms with Crippen molar-refractivity contribution >= 4 is 33.4 Å². The molecule has 1 fully saturated rings. The third-order valence-electron chi connectivity index (χ3n) is 4.29. The lowest BCUT2D eigenvalue weighted by atomic mass is 10.2. The number of nitrogens with zero attached hydrogens (tertiary/aromatic N) is 1. The minimum absolute atomic E-state index is 0.0124. The molecule has 2 heterocycles. The number of carboxylic acid groups (broad SMARTS) is 1. The number of thiophene rings is 1. The molecule has 0 saturated carbocycles. The van der Waals surface area contributed by atoms with Gasteiger partial charge in [-0.25, -0.2) is 13.2 Å². The maximum atomic E-state index is 12.7. The van der Waals surface area contributed by atoms with Crippen molar-refractivity contribution in [1.82, 2.24) is 4.31 Å². The number of epoxide rings is 1. The fourth-order valence-corrected chi connectivity index (χ4v) is 4.84. The number of sulfonamides is 1. The summed E-state index contributed by atoms with van der Waals surface area (Å²) >= 11 is 1.43. The molecule has 2 aromatic rings. The van der Waals surface area contributed by atoms with Crippen LogP contribution >= 0.6 is 11.3 Å². The topological polar surface area (TPSA) is 87.2 Å². The van der Waals surface area contributed by atoms with Crippen LogP contribution < -0.4 is 0 Å². The lowest BCUT2D eigenvalue weighted by Crippen LogP contribution is -2.30. The predicted octanol–water partition coefficient (Wildman–Crippen LogP) is 3.31. The van der Waals surface area contributed by atoms with Crippen LogP contribution in [0.1, 0.15) is 18.2 Å². The maximum absolute atomic E-state index is 12.7. The van der Waals surface area contributed by atoms with E-state index in [-0.39, 0.29) is 11.0 Å². The van der Waals surface area contributed by atoms with E-state index in [4.69, 9.17) is 9.84 Å². The van der Waals surface area contributed by atoms with Crippen molar-refractivity contribution in [2.75, 3.05) is 20.2 Å². The van der Waals surface area contributed by atoms with E-state index in [9.17, 15) is 13.2 Å². The summed E-state index contributed by atoms with van der Waals surface area (Å²) in [6.07, 6.45) is 2.08. The molecule has 1 aliphatic rings. The molecular weight excluding hydrogens is 386 g/mol. The van der Waals surface area contributed by atoms with Gasteiger partial charge in [-0.2, -0.15) is 4.31 Å². The normalized spacial score (nSPS) is 17.3. The molecule has 0 radical (unpaired) electrons. The SMILES string of the molecule is CCC(=Cc1ccc(-c2cccc(S(=O)(=O)N(C)CC3CO3)c2)s1)C(=O)O. The van der Waals surface area contributed by atoms with Crippen LogP contribution in [0.25, 0.3) is 16.5 Å². The zero-order chi connectivity index (χ0) is 19.6. The summed E-state index contributed by atoms with van der Waals surface area (Å²) < 4.78 is 31.9. The summed E-state index contributed by atoms with van der Waals surface area (Å²) in [5.74, 6) is -0.928. The molecule has 144 valence electrons. The molecule has 8 heteroatoms. The Balaban J connectivity index is 1.87. The van der Waals surface area contributed by atoms with Crippen molar-refractivity contribution in [3.05, 3.63) is 46.8 Å². The van der Waals surface area contributed by atoms with E-state index in [2.05, 4.69) is 0 Å². The molecule has 1 aromatic heterocycles. The van der Waals surface area contributed by atoms with Crippen molar-refractivity contribution < 1.29 is 23.1 Å². The van der Waals surface area contributed by atoms with E-state index in [1.807, 2.05) is 18.2 Å². The molecule has 1 aromatic carbocycles. The molecule has 1 N–H and O–H groups in total. The highest BCUT2D eigenvalue weighted by molar-refractivity contribution is 7.89. The number of ether oxygens (including phenoxy) is 1. The maximum Gasteiger partial charge on any atom is 0.331 e. The Bertz CT molecular complexity index is 973. The molecule has 27 heavy (non-hydrogen) atoms. The highest BCUT2D eigenvalue weighted by Crippen LogP contribution is 2.31. The molecule has 0 aliphatic carbocycles. The van der Waals surface area contributed by atoms with Gasteiger partial charge in [-0.1, -0.05) is 19.1 Å². The second-order valence-electron chi connectivity index (χ2n) is 6.30. The highest BCUT2D eigenvalue weighted by Gasteiger charge is 2.30. The van der Waals surface area contributed by atoms with Crippen LogP contribution in [-0.2, 0) is 19.6 Å². The summed E-state index contributed by atoms with van der Waals surface area (Å²) in [7, 11) is -2.03. The summed E-state index contributed by atoms with van der Waals surface area (Å²) in [5, 5.41) is 9.16. The fourth-order valence-electron chi connectivity index (χ4n) is 2.62. The van der Waals surface area contributed by atoms with Gasteiger partial charge in [0.05, 0.1) is 17.6 Å². The van der Waals surface area contributed by atoms with Gasteiger partial charge in [0, 0.05) is 28.9 Å². The minimum atomic E-state index is -3.58. The number of carboxylic acids is 1. The molecule has 0 amide bonds. The first-order valence-corrected chi connectivity index (χ1v) is 10.8. The largest absolute Gasteiger partial charge is 0.478 e. The van der Waals surface area contributed by atoms with Gasteiger partial charge in [-0.15, -0.1) is 11.3 Å². The standard InChI is InChI=1S/C19H21NO5S2/c1-3-13(19(21)22)9-16-7-8-18(26-16)14-5-4-6-17(10-14)27(23,24)20(2)11-15-12-25-15/h4-10,15H,3,11-12H2,1-2H3,(H,21,22). The minimum Gasteiger partial charge on any atom is -0.478 e. The molecule has 3 rings (SSSR count). The Labute approximate surface area is 162 Å². The monoisotopic (exact) mass is 407 g/mol. The third-order valence-corrected chi connectivity index (χ3v) is 7.19. The predicted molar refractivity (Wildman–Crippen MR) is 105 cm³/mol. The third kappa shape index (κ3) is 4.65. The molecule has 1 saturated heterocycles. The van der Waals surface area contributed by atoms with Crippen molar-refractivity contribution in [2.24, 2.45) is 0 Å². The van der Waals surface area contributed by atoms with E-state index >= 15 is 0 Å². The second-order valence-corrected chi connectivity index (χ2v) is 9.46. The fraction of sp³-hybridized carbons (Fsp3) is 0.316. The second kappa shape index (κ2) is 7.93. The van der Waals surface area contributed by atoms with Crippen LogP contribution in [0.4, 0.5) is 0 Å². The van der Waals surface area contributed by atoms with Crippen molar-refractivity contribution in [2.45, 2.75) is 24.3 Å². The first-order valence-electron chi connectivity index (χ1n) is 8.53. The molecule has 1 aliphatic heterocycles. The molecular formula is C19H21NO5S2. The number of hydrogen-bond donors (Lipinski definition) is 1. The van der Waals surface area contributed by atoms with E-state index < -0.39 is 16.0 Å². The Morgan fingerprint density at radius 2 is 2.11 bits per heavy atom. The highest BCUT2D eigenvalue weighted by atomic mass is 32.2. The number of carbonyl (C=O) groups is 1. The number of aliphatic carboxylic acids is 1. The lowest BCUT2D eigenvalue weighted by Gasteiger charge is -2.16. The lowest BCUT2D eigenvalue weighted by molar-refractivity contribution is -0.132. The number of rotatable bonds is 8. The Kier molecular flexibility index (Phi) is 5.81. The van der Waals surface area contributed by atoms with Crippen LogP contribution in [0.5, 0.6) is 0 Å². The van der Waals surface area contributed by atoms with Crippen LogP contribution in [0.3, 0.4) is 0 Å². The van der Waals surface area contributed by atoms with E-state index in [0.717, 1.165) is 15.3 Å². The molecule has 0 spiro atoms. The number of benzene rings is 1. The zero-order valence-electron chi connectivity index (χ0n) is 15.1. The number of hydrogen-bond acceptors (Lipinski definition) is 5. The summed E-state index contributed by atoms with van der Waals surface area (Å²) in [6.45, 7) is 2.74. The Morgan fingerprint density at radius 3 is 2.74 bits per heavy atom. The number of likely N-dealkylation sites (N-methyl/N-ethyl adjacent to an activating group) is 1. The summed E-state index contributed by atoms with van der Waals surface area (Å²) in [4.78, 5) is 13.1.